The van der Waals surface area contributed by atoms with Gasteiger partial charge in [0, 0.05) is 18.8 Å². The fourth-order valence-electron chi connectivity index (χ4n) is 1.78. The molecule has 2 rings (SSSR count). The zero-order valence-electron chi connectivity index (χ0n) is 9.90. The highest BCUT2D eigenvalue weighted by atomic mass is 16.3. The minimum absolute atomic E-state index is 0.0902. The molecule has 0 fully saturated rings. The third-order valence-electron chi connectivity index (χ3n) is 2.51. The van der Waals surface area contributed by atoms with Crippen molar-refractivity contribution in [1.82, 2.24) is 15.1 Å². The Morgan fingerprint density at radius 2 is 2.31 bits per heavy atom. The van der Waals surface area contributed by atoms with E-state index in [0.717, 1.165) is 23.6 Å². The maximum atomic E-state index is 5.66. The number of nitrogens with one attached hydrogen (secondary N) is 1. The molecule has 1 unspecified atom stereocenters. The lowest BCUT2D eigenvalue weighted by Crippen LogP contribution is -2.21. The molecule has 86 valence electrons. The second kappa shape index (κ2) is 4.53. The van der Waals surface area contributed by atoms with Crippen LogP contribution >= 0.6 is 0 Å². The lowest BCUT2D eigenvalue weighted by molar-refractivity contribution is 0.435. The smallest absolute Gasteiger partial charge is 0.125 e. The Morgan fingerprint density at radius 1 is 1.50 bits per heavy atom. The Balaban J connectivity index is 2.30. The summed E-state index contributed by atoms with van der Waals surface area (Å²) in [6.45, 7) is 4.92. The summed E-state index contributed by atoms with van der Waals surface area (Å²) in [4.78, 5) is 0. The van der Waals surface area contributed by atoms with Crippen LogP contribution in [0.3, 0.4) is 0 Å². The highest BCUT2D eigenvalue weighted by Crippen LogP contribution is 2.23. The maximum absolute atomic E-state index is 5.66. The van der Waals surface area contributed by atoms with Gasteiger partial charge in [-0.05, 0) is 25.6 Å². The lowest BCUT2D eigenvalue weighted by atomic mass is 10.1. The highest BCUT2D eigenvalue weighted by molar-refractivity contribution is 5.23. The van der Waals surface area contributed by atoms with Gasteiger partial charge in [-0.25, -0.2) is 0 Å². The van der Waals surface area contributed by atoms with Crippen LogP contribution in [0.2, 0.25) is 0 Å². The minimum Gasteiger partial charge on any atom is -0.464 e. The molecule has 4 nitrogen and oxygen atoms in total. The zero-order valence-corrected chi connectivity index (χ0v) is 9.90. The monoisotopic (exact) mass is 219 g/mol. The molecule has 0 spiro atoms. The summed E-state index contributed by atoms with van der Waals surface area (Å²) in [6.07, 6.45) is 3.87. The molecule has 2 aromatic rings. The number of furan rings is 1. The molecule has 2 aromatic heterocycles. The SMILES string of the molecule is CCNC(c1cnn(C)c1)c1ccc(C)o1. The molecule has 0 saturated heterocycles. The zero-order chi connectivity index (χ0) is 11.5. The van der Waals surface area contributed by atoms with Crippen LogP contribution in [-0.2, 0) is 7.05 Å². The van der Waals surface area contributed by atoms with Gasteiger partial charge < -0.3 is 9.73 Å². The Labute approximate surface area is 95.3 Å². The summed E-state index contributed by atoms with van der Waals surface area (Å²) >= 11 is 0. The van der Waals surface area contributed by atoms with Gasteiger partial charge >= 0.3 is 0 Å². The summed E-state index contributed by atoms with van der Waals surface area (Å²) in [5.74, 6) is 1.87. The third kappa shape index (κ3) is 2.17. The van der Waals surface area contributed by atoms with E-state index in [1.807, 2.05) is 38.5 Å². The van der Waals surface area contributed by atoms with Crippen LogP contribution in [0.1, 0.15) is 30.0 Å². The van der Waals surface area contributed by atoms with Crippen LogP contribution in [0.5, 0.6) is 0 Å². The van der Waals surface area contributed by atoms with Gasteiger partial charge in [-0.3, -0.25) is 4.68 Å². The molecular formula is C12H17N3O. The lowest BCUT2D eigenvalue weighted by Gasteiger charge is -2.13. The first-order valence-electron chi connectivity index (χ1n) is 5.49. The Hall–Kier alpha value is -1.55. The van der Waals surface area contributed by atoms with Crippen LogP contribution in [0, 0.1) is 6.92 Å². The molecule has 0 bridgehead atoms. The molecule has 1 N–H and O–H groups in total. The largest absolute Gasteiger partial charge is 0.464 e. The van der Waals surface area contributed by atoms with Crippen LogP contribution in [-0.4, -0.2) is 16.3 Å². The van der Waals surface area contributed by atoms with Crippen molar-refractivity contribution >= 4 is 0 Å². The molecule has 2 heterocycles. The third-order valence-corrected chi connectivity index (χ3v) is 2.51. The summed E-state index contributed by atoms with van der Waals surface area (Å²) in [5.41, 5.74) is 1.12. The van der Waals surface area contributed by atoms with Gasteiger partial charge in [-0.15, -0.1) is 0 Å². The average Bonchev–Trinajstić information content (AvgIpc) is 2.84. The predicted molar refractivity (Wildman–Crippen MR) is 62.2 cm³/mol. The van der Waals surface area contributed by atoms with Gasteiger partial charge in [0.05, 0.1) is 12.2 Å². The van der Waals surface area contributed by atoms with Gasteiger partial charge in [0.2, 0.25) is 0 Å². The molecular weight excluding hydrogens is 202 g/mol. The summed E-state index contributed by atoms with van der Waals surface area (Å²) in [5, 5.41) is 7.58. The van der Waals surface area contributed by atoms with Crippen molar-refractivity contribution in [3.63, 3.8) is 0 Å². The number of hydrogen-bond donors (Lipinski definition) is 1. The van der Waals surface area contributed by atoms with Crippen molar-refractivity contribution in [2.75, 3.05) is 6.54 Å². The Kier molecular flexibility index (Phi) is 3.10. The molecule has 0 aliphatic rings. The number of rotatable bonds is 4. The quantitative estimate of drug-likeness (QED) is 0.855. The van der Waals surface area contributed by atoms with Crippen molar-refractivity contribution in [3.05, 3.63) is 41.6 Å². The van der Waals surface area contributed by atoms with Crippen molar-refractivity contribution in [2.45, 2.75) is 19.9 Å². The van der Waals surface area contributed by atoms with E-state index in [2.05, 4.69) is 17.3 Å². The van der Waals surface area contributed by atoms with Gasteiger partial charge in [0.25, 0.3) is 0 Å². The molecule has 0 aliphatic heterocycles. The van der Waals surface area contributed by atoms with Crippen LogP contribution in [0.4, 0.5) is 0 Å². The van der Waals surface area contributed by atoms with Crippen molar-refractivity contribution < 1.29 is 4.42 Å². The Morgan fingerprint density at radius 3 is 2.81 bits per heavy atom. The predicted octanol–water partition coefficient (Wildman–Crippen LogP) is 2.02. The average molecular weight is 219 g/mol. The number of aromatic nitrogens is 2. The van der Waals surface area contributed by atoms with E-state index in [9.17, 15) is 0 Å². The summed E-state index contributed by atoms with van der Waals surface area (Å²) in [6, 6.07) is 4.08. The minimum atomic E-state index is 0.0902. The molecule has 4 heteroatoms. The first-order valence-corrected chi connectivity index (χ1v) is 5.49. The molecule has 0 amide bonds. The van der Waals surface area contributed by atoms with Crippen molar-refractivity contribution in [2.24, 2.45) is 7.05 Å². The van der Waals surface area contributed by atoms with Crippen molar-refractivity contribution in [3.8, 4) is 0 Å². The summed E-state index contributed by atoms with van der Waals surface area (Å²) in [7, 11) is 1.92. The molecule has 0 radical (unpaired) electrons. The van der Waals surface area contributed by atoms with E-state index in [-0.39, 0.29) is 6.04 Å². The van der Waals surface area contributed by atoms with Crippen LogP contribution in [0.15, 0.2) is 28.9 Å². The number of nitrogens with zero attached hydrogens (tertiary/aromatic N) is 2. The van der Waals surface area contributed by atoms with E-state index in [0.29, 0.717) is 0 Å². The summed E-state index contributed by atoms with van der Waals surface area (Å²) < 4.78 is 7.46. The van der Waals surface area contributed by atoms with Gasteiger partial charge in [0.1, 0.15) is 11.5 Å². The van der Waals surface area contributed by atoms with E-state index >= 15 is 0 Å². The normalized spacial score (nSPS) is 12.9. The van der Waals surface area contributed by atoms with E-state index < -0.39 is 0 Å². The number of aryl methyl sites for hydroxylation is 2. The van der Waals surface area contributed by atoms with Crippen LogP contribution < -0.4 is 5.32 Å². The first kappa shape index (κ1) is 11.0. The fraction of sp³-hybridized carbons (Fsp3) is 0.417. The van der Waals surface area contributed by atoms with Gasteiger partial charge in [0.15, 0.2) is 0 Å². The second-order valence-electron chi connectivity index (χ2n) is 3.89. The molecule has 0 saturated carbocycles. The number of hydrogen-bond acceptors (Lipinski definition) is 3. The highest BCUT2D eigenvalue weighted by Gasteiger charge is 2.17. The van der Waals surface area contributed by atoms with E-state index in [4.69, 9.17) is 4.42 Å². The van der Waals surface area contributed by atoms with Crippen molar-refractivity contribution in [1.29, 1.82) is 0 Å². The maximum Gasteiger partial charge on any atom is 0.125 e. The van der Waals surface area contributed by atoms with Gasteiger partial charge in [-0.2, -0.15) is 5.10 Å². The topological polar surface area (TPSA) is 43.0 Å². The first-order chi connectivity index (χ1) is 7.70. The molecule has 1 atom stereocenters. The second-order valence-corrected chi connectivity index (χ2v) is 3.89. The van der Waals surface area contributed by atoms with Crippen LogP contribution in [0.25, 0.3) is 0 Å². The van der Waals surface area contributed by atoms with E-state index in [1.165, 1.54) is 0 Å². The standard InChI is InChI=1S/C12H17N3O/c1-4-13-12(10-7-14-15(3)8-10)11-6-5-9(2)16-11/h5-8,12-13H,4H2,1-3H3. The van der Waals surface area contributed by atoms with Gasteiger partial charge in [-0.1, -0.05) is 6.92 Å². The van der Waals surface area contributed by atoms with E-state index in [1.54, 1.807) is 4.68 Å². The Bertz CT molecular complexity index is 418. The molecule has 0 aliphatic carbocycles. The fourth-order valence-corrected chi connectivity index (χ4v) is 1.78. The molecule has 16 heavy (non-hydrogen) atoms. The molecule has 0 aromatic carbocycles.